The van der Waals surface area contributed by atoms with Crippen molar-refractivity contribution in [3.63, 3.8) is 0 Å². The molecule has 8 heavy (non-hydrogen) atoms. The molecule has 0 aliphatic heterocycles. The van der Waals surface area contributed by atoms with Crippen molar-refractivity contribution < 1.29 is 14.9 Å². The van der Waals surface area contributed by atoms with E-state index in [-0.39, 0.29) is 29.6 Å². The fourth-order valence-corrected chi connectivity index (χ4v) is 0.0831. The van der Waals surface area contributed by atoms with Gasteiger partial charge in [-0.1, -0.05) is 0 Å². The topological polar surface area (TPSA) is 72.6 Å². The first kappa shape index (κ1) is 11.2. The maximum atomic E-state index is 9.91. The molecule has 0 saturated carbocycles. The van der Waals surface area contributed by atoms with E-state index in [1.807, 2.05) is 0 Å². The van der Waals surface area contributed by atoms with Crippen LogP contribution in [0.3, 0.4) is 0 Å². The molecule has 0 saturated heterocycles. The van der Waals surface area contributed by atoms with Gasteiger partial charge < -0.3 is 5.73 Å². The van der Waals surface area contributed by atoms with Gasteiger partial charge in [-0.05, 0) is 6.92 Å². The first-order valence-electron chi connectivity index (χ1n) is 1.79. The summed E-state index contributed by atoms with van der Waals surface area (Å²) in [4.78, 5) is 13.2. The molecule has 0 aliphatic carbocycles. The average Bonchev–Trinajstić information content (AvgIpc) is 1.65. The summed E-state index contributed by atoms with van der Waals surface area (Å²) in [6, 6.07) is -0.745. The Morgan fingerprint density at radius 1 is 1.88 bits per heavy atom. The molecule has 0 rings (SSSR count). The van der Waals surface area contributed by atoms with Crippen LogP contribution < -0.4 is 5.73 Å². The molecule has 0 bridgehead atoms. The fourth-order valence-electron chi connectivity index (χ4n) is 0.0831. The molecule has 0 radical (unpaired) electrons. The molecule has 0 aromatic carbocycles. The van der Waals surface area contributed by atoms with Crippen molar-refractivity contribution >= 4 is 35.5 Å². The summed E-state index contributed by atoms with van der Waals surface area (Å²) >= 11 is 0. The number of rotatable bonds is 1. The van der Waals surface area contributed by atoms with Gasteiger partial charge in [-0.25, -0.2) is 4.79 Å². The zero-order valence-electron chi connectivity index (χ0n) is 3.92. The number of hydrogen-bond acceptors (Lipinski definition) is 4. The number of carbonyl (C=O) groups is 1. The molecule has 44 valence electrons. The third kappa shape index (κ3) is 4.55. The Labute approximate surface area is 69.2 Å². The Hall–Kier alpha value is 0.390. The quantitative estimate of drug-likeness (QED) is 0.262. The summed E-state index contributed by atoms with van der Waals surface area (Å²) in [5.41, 5.74) is 4.91. The van der Waals surface area contributed by atoms with E-state index in [4.69, 9.17) is 11.0 Å². The predicted octanol–water partition coefficient (Wildman–Crippen LogP) is -1.30. The van der Waals surface area contributed by atoms with E-state index in [0.29, 0.717) is 0 Å². The zero-order valence-corrected chi connectivity index (χ0v) is 3.92. The van der Waals surface area contributed by atoms with E-state index in [1.54, 1.807) is 0 Å². The number of hydrogen-bond donors (Lipinski definition) is 2. The molecule has 0 aromatic heterocycles. The Morgan fingerprint density at radius 2 is 2.25 bits per heavy atom. The first-order chi connectivity index (χ1) is 3.18. The van der Waals surface area contributed by atoms with Gasteiger partial charge in [-0.2, -0.15) is 5.26 Å². The molecule has 0 fully saturated rings. The van der Waals surface area contributed by atoms with Crippen LogP contribution in [0.1, 0.15) is 6.92 Å². The van der Waals surface area contributed by atoms with Gasteiger partial charge in [0.2, 0.25) is 0 Å². The van der Waals surface area contributed by atoms with E-state index in [9.17, 15) is 4.79 Å². The molecule has 0 aromatic rings. The van der Waals surface area contributed by atoms with Crippen LogP contribution >= 0.6 is 0 Å². The SMILES string of the molecule is CC(N)C(=O)OO.[NaH]. The minimum absolute atomic E-state index is 0. The van der Waals surface area contributed by atoms with Gasteiger partial charge in [0, 0.05) is 0 Å². The molecule has 1 unspecified atom stereocenters. The predicted molar refractivity (Wildman–Crippen MR) is 29.5 cm³/mol. The minimum atomic E-state index is -0.819. The molecule has 5 heteroatoms. The number of nitrogens with two attached hydrogens (primary N) is 1. The van der Waals surface area contributed by atoms with Crippen LogP contribution in [0.5, 0.6) is 0 Å². The van der Waals surface area contributed by atoms with Crippen LogP contribution in [-0.4, -0.2) is 46.8 Å². The normalized spacial score (nSPS) is 11.4. The van der Waals surface area contributed by atoms with E-state index in [1.165, 1.54) is 6.92 Å². The van der Waals surface area contributed by atoms with Gasteiger partial charge in [0.1, 0.15) is 6.04 Å². The van der Waals surface area contributed by atoms with Crippen molar-refractivity contribution in [2.75, 3.05) is 0 Å². The third-order valence-electron chi connectivity index (χ3n) is 0.462. The van der Waals surface area contributed by atoms with Gasteiger partial charge in [0.05, 0.1) is 0 Å². The van der Waals surface area contributed by atoms with Crippen molar-refractivity contribution in [3.8, 4) is 0 Å². The van der Waals surface area contributed by atoms with Crippen LogP contribution in [0.2, 0.25) is 0 Å². The summed E-state index contributed by atoms with van der Waals surface area (Å²) in [7, 11) is 0. The van der Waals surface area contributed by atoms with Gasteiger partial charge in [0.15, 0.2) is 0 Å². The van der Waals surface area contributed by atoms with Crippen LogP contribution in [0.4, 0.5) is 0 Å². The van der Waals surface area contributed by atoms with E-state index in [2.05, 4.69) is 4.89 Å². The molecule has 0 aliphatic rings. The Kier molecular flexibility index (Phi) is 7.75. The van der Waals surface area contributed by atoms with E-state index >= 15 is 0 Å². The van der Waals surface area contributed by atoms with Gasteiger partial charge in [0.25, 0.3) is 0 Å². The zero-order chi connectivity index (χ0) is 5.86. The Morgan fingerprint density at radius 3 is 2.25 bits per heavy atom. The van der Waals surface area contributed by atoms with Crippen molar-refractivity contribution in [1.82, 2.24) is 0 Å². The second-order valence-electron chi connectivity index (χ2n) is 1.20. The molecule has 0 heterocycles. The summed E-state index contributed by atoms with van der Waals surface area (Å²) in [5.74, 6) is -0.819. The maximum absolute atomic E-state index is 9.91. The Balaban J connectivity index is 0. The van der Waals surface area contributed by atoms with Crippen LogP contribution in [0, 0.1) is 0 Å². The van der Waals surface area contributed by atoms with Crippen molar-refractivity contribution in [3.05, 3.63) is 0 Å². The molecule has 1 atom stereocenters. The van der Waals surface area contributed by atoms with Crippen LogP contribution in [0.15, 0.2) is 0 Å². The van der Waals surface area contributed by atoms with Gasteiger partial charge in [-0.15, -0.1) is 0 Å². The molecular weight excluding hydrogens is 121 g/mol. The molecular formula is C3H8NNaO3. The van der Waals surface area contributed by atoms with Crippen LogP contribution in [0.25, 0.3) is 0 Å². The molecule has 4 nitrogen and oxygen atoms in total. The second-order valence-corrected chi connectivity index (χ2v) is 1.20. The monoisotopic (exact) mass is 129 g/mol. The summed E-state index contributed by atoms with van der Waals surface area (Å²) < 4.78 is 0. The third-order valence-corrected chi connectivity index (χ3v) is 0.462. The summed E-state index contributed by atoms with van der Waals surface area (Å²) in [6.45, 7) is 1.42. The van der Waals surface area contributed by atoms with Crippen LogP contribution in [-0.2, 0) is 9.68 Å². The molecule has 0 amide bonds. The van der Waals surface area contributed by atoms with E-state index < -0.39 is 12.0 Å². The van der Waals surface area contributed by atoms with Gasteiger partial charge >= 0.3 is 35.5 Å². The van der Waals surface area contributed by atoms with Crippen molar-refractivity contribution in [2.45, 2.75) is 13.0 Å². The second kappa shape index (κ2) is 5.53. The standard InChI is InChI=1S/C3H7NO3.Na.H/c1-2(4)3(5)7-6;;/h2,6H,4H2,1H3;;. The Bertz CT molecular complexity index is 74.9. The van der Waals surface area contributed by atoms with Crippen molar-refractivity contribution in [2.24, 2.45) is 5.73 Å². The summed E-state index contributed by atoms with van der Waals surface area (Å²) in [6.07, 6.45) is 0. The van der Waals surface area contributed by atoms with Crippen molar-refractivity contribution in [1.29, 1.82) is 0 Å². The number of carbonyl (C=O) groups excluding carboxylic acids is 1. The summed E-state index contributed by atoms with van der Waals surface area (Å²) in [5, 5.41) is 7.58. The fraction of sp³-hybridized carbons (Fsp3) is 0.667. The first-order valence-corrected chi connectivity index (χ1v) is 1.79. The molecule has 0 spiro atoms. The van der Waals surface area contributed by atoms with Gasteiger partial charge in [-0.3, -0.25) is 4.89 Å². The van der Waals surface area contributed by atoms with E-state index in [0.717, 1.165) is 0 Å². The molecule has 3 N–H and O–H groups in total. The average molecular weight is 129 g/mol.